The van der Waals surface area contributed by atoms with Gasteiger partial charge in [0.05, 0.1) is 0 Å². The Labute approximate surface area is 126 Å². The molecule has 0 bridgehead atoms. The van der Waals surface area contributed by atoms with Crippen LogP contribution in [-0.4, -0.2) is 0 Å². The van der Waals surface area contributed by atoms with E-state index in [1.807, 2.05) is 0 Å². The molecule has 0 fully saturated rings. The molecule has 0 heterocycles. The van der Waals surface area contributed by atoms with Crippen molar-refractivity contribution in [3.8, 4) is 0 Å². The van der Waals surface area contributed by atoms with Crippen molar-refractivity contribution in [1.29, 1.82) is 0 Å². The number of hydrogen-bond donors (Lipinski definition) is 0. The van der Waals surface area contributed by atoms with Crippen LogP contribution in [0.5, 0.6) is 0 Å². The van der Waals surface area contributed by atoms with E-state index in [0.29, 0.717) is 0 Å². The van der Waals surface area contributed by atoms with Crippen LogP contribution in [0, 0.1) is 0 Å². The second kappa shape index (κ2) is 6.68. The predicted octanol–water partition coefficient (Wildman–Crippen LogP) is 3.66. The molecule has 103 valence electrons. The fourth-order valence-corrected chi connectivity index (χ4v) is 8.17. The van der Waals surface area contributed by atoms with Gasteiger partial charge in [0.2, 0.25) is 0 Å². The van der Waals surface area contributed by atoms with Crippen LogP contribution in [0.1, 0.15) is 6.42 Å². The molecule has 0 saturated carbocycles. The number of benzene rings is 2. The van der Waals surface area contributed by atoms with Gasteiger partial charge in [-0.15, -0.1) is 0 Å². The number of rotatable bonds is 3. The third-order valence-electron chi connectivity index (χ3n) is 2.92. The molecule has 0 aromatic heterocycles. The van der Waals surface area contributed by atoms with Gasteiger partial charge in [0.25, 0.3) is 0 Å². The van der Waals surface area contributed by atoms with E-state index < -0.39 is 17.3 Å². The third kappa shape index (κ3) is 3.08. The Kier molecular flexibility index (Phi) is 4.45. The van der Waals surface area contributed by atoms with Crippen molar-refractivity contribution in [2.24, 2.45) is 0 Å². The summed E-state index contributed by atoms with van der Waals surface area (Å²) in [6, 6.07) is 22.0. The van der Waals surface area contributed by atoms with Gasteiger partial charge in [-0.05, 0) is 0 Å². The summed E-state index contributed by atoms with van der Waals surface area (Å²) in [5.74, 6) is 0. The van der Waals surface area contributed by atoms with Crippen molar-refractivity contribution >= 4 is 7.91 Å². The first-order valence-electron chi connectivity index (χ1n) is 6.68. The van der Waals surface area contributed by atoms with Crippen molar-refractivity contribution in [1.82, 2.24) is 0 Å². The van der Waals surface area contributed by atoms with Gasteiger partial charge in [-0.1, -0.05) is 0 Å². The molecule has 0 amide bonds. The second-order valence-electron chi connectivity index (χ2n) is 4.35. The molecule has 0 nitrogen and oxygen atoms in total. The van der Waals surface area contributed by atoms with Crippen molar-refractivity contribution in [2.45, 2.75) is 6.42 Å². The molecule has 1 heteroatoms. The molecular formula is C19H17Pt. The zero-order valence-electron chi connectivity index (χ0n) is 11.2. The molecule has 0 N–H and O–H groups in total. The normalized spacial score (nSPS) is 14.6. The third-order valence-corrected chi connectivity index (χ3v) is 9.36. The van der Waals surface area contributed by atoms with E-state index in [0.717, 1.165) is 6.42 Å². The molecule has 2 aromatic rings. The molecule has 0 aliphatic heterocycles. The minimum absolute atomic E-state index is 1.07. The van der Waals surface area contributed by atoms with E-state index in [9.17, 15) is 0 Å². The SMILES string of the molecule is C1=CC=[C]([Pt]([c]2ccccc2)[c]2ccccc2)CC=C1. The molecule has 0 atom stereocenters. The average molecular weight is 440 g/mol. The number of hydrogen-bond acceptors (Lipinski definition) is 0. The van der Waals surface area contributed by atoms with E-state index in [4.69, 9.17) is 0 Å². The first kappa shape index (κ1) is 13.3. The Morgan fingerprint density at radius 1 is 0.650 bits per heavy atom. The predicted molar refractivity (Wildman–Crippen MR) is 83.1 cm³/mol. The molecule has 3 rings (SSSR count). The Balaban J connectivity index is 2.07. The quantitative estimate of drug-likeness (QED) is 0.684. The first-order chi connectivity index (χ1) is 9.95. The van der Waals surface area contributed by atoms with Crippen LogP contribution in [0.4, 0.5) is 0 Å². The van der Waals surface area contributed by atoms with Gasteiger partial charge in [-0.3, -0.25) is 0 Å². The Morgan fingerprint density at radius 3 is 1.85 bits per heavy atom. The Morgan fingerprint density at radius 2 is 1.25 bits per heavy atom. The number of allylic oxidation sites excluding steroid dienone is 6. The van der Waals surface area contributed by atoms with Crippen LogP contribution in [0.2, 0.25) is 0 Å². The molecule has 20 heavy (non-hydrogen) atoms. The zero-order chi connectivity index (χ0) is 13.6. The summed E-state index contributed by atoms with van der Waals surface area (Å²) in [5.41, 5.74) is 0. The van der Waals surface area contributed by atoms with E-state index in [-0.39, 0.29) is 0 Å². The van der Waals surface area contributed by atoms with Crippen LogP contribution >= 0.6 is 0 Å². The monoisotopic (exact) mass is 440 g/mol. The summed E-state index contributed by atoms with van der Waals surface area (Å²) in [4.78, 5) is 0. The summed E-state index contributed by atoms with van der Waals surface area (Å²) in [6.07, 6.45) is 12.1. The van der Waals surface area contributed by atoms with Crippen LogP contribution < -0.4 is 7.91 Å². The average Bonchev–Trinajstić information content (AvgIpc) is 2.79. The fraction of sp³-hybridized carbons (Fsp3) is 0.0526. The molecule has 0 saturated heterocycles. The summed E-state index contributed by atoms with van der Waals surface area (Å²) >= 11 is -1.52. The first-order valence-corrected chi connectivity index (χ1v) is 10.1. The second-order valence-corrected chi connectivity index (χ2v) is 10.1. The fourth-order valence-electron chi connectivity index (χ4n) is 2.01. The van der Waals surface area contributed by atoms with Crippen LogP contribution in [0.25, 0.3) is 0 Å². The van der Waals surface area contributed by atoms with Gasteiger partial charge in [0.1, 0.15) is 0 Å². The standard InChI is InChI=1S/C7H7.2C6H5.Pt/c1-2-4-6-7-5-3-1;2*1-2-4-6-5-3-1;/h1-5H,6H2;2*1-5H;. The Hall–Kier alpha value is -1.65. The van der Waals surface area contributed by atoms with E-state index in [1.165, 1.54) is 7.91 Å². The van der Waals surface area contributed by atoms with Crippen LogP contribution in [0.15, 0.2) is 95.0 Å². The molecule has 0 unspecified atom stereocenters. The topological polar surface area (TPSA) is 0 Å². The van der Waals surface area contributed by atoms with E-state index >= 15 is 0 Å². The summed E-state index contributed by atoms with van der Waals surface area (Å²) in [6.45, 7) is 0. The molecule has 1 aliphatic carbocycles. The molecule has 1 aliphatic rings. The van der Waals surface area contributed by atoms with Crippen molar-refractivity contribution in [3.05, 3.63) is 95.0 Å². The zero-order valence-corrected chi connectivity index (χ0v) is 13.5. The summed E-state index contributed by atoms with van der Waals surface area (Å²) < 4.78 is 4.62. The summed E-state index contributed by atoms with van der Waals surface area (Å²) in [5, 5.41) is 0. The van der Waals surface area contributed by atoms with Gasteiger partial charge in [-0.2, -0.15) is 0 Å². The summed E-state index contributed by atoms with van der Waals surface area (Å²) in [7, 11) is 0. The van der Waals surface area contributed by atoms with Gasteiger partial charge in [-0.25, -0.2) is 0 Å². The van der Waals surface area contributed by atoms with E-state index in [2.05, 4.69) is 91.0 Å². The Bertz CT molecular complexity index is 596. The molecule has 0 spiro atoms. The molecule has 2 aromatic carbocycles. The van der Waals surface area contributed by atoms with Crippen LogP contribution in [0.3, 0.4) is 0 Å². The minimum atomic E-state index is -1.52. The van der Waals surface area contributed by atoms with Crippen molar-refractivity contribution in [2.75, 3.05) is 0 Å². The van der Waals surface area contributed by atoms with Crippen molar-refractivity contribution in [3.63, 3.8) is 0 Å². The van der Waals surface area contributed by atoms with Gasteiger partial charge < -0.3 is 0 Å². The molecule has 0 radical (unpaired) electrons. The van der Waals surface area contributed by atoms with Gasteiger partial charge >= 0.3 is 127 Å². The van der Waals surface area contributed by atoms with Gasteiger partial charge in [0.15, 0.2) is 0 Å². The maximum atomic E-state index is 2.32. The van der Waals surface area contributed by atoms with E-state index in [1.54, 1.807) is 3.96 Å². The van der Waals surface area contributed by atoms with Crippen LogP contribution in [-0.2, 0) is 17.3 Å². The van der Waals surface area contributed by atoms with Crippen molar-refractivity contribution < 1.29 is 17.3 Å². The molecular weight excluding hydrogens is 423 g/mol. The van der Waals surface area contributed by atoms with Gasteiger partial charge in [0, 0.05) is 0 Å². The maximum absolute atomic E-state index is 2.32.